The minimum absolute atomic E-state index is 0.174. The molecule has 0 bridgehead atoms. The number of hydrogen-bond acceptors (Lipinski definition) is 4. The largest absolute Gasteiger partial charge is 0.493 e. The van der Waals surface area contributed by atoms with Gasteiger partial charge in [-0.1, -0.05) is 0 Å². The fourth-order valence-electron chi connectivity index (χ4n) is 2.87. The van der Waals surface area contributed by atoms with Gasteiger partial charge in [-0.2, -0.15) is 0 Å². The summed E-state index contributed by atoms with van der Waals surface area (Å²) in [4.78, 5) is 12.4. The maximum absolute atomic E-state index is 12.4. The third kappa shape index (κ3) is 2.91. The average molecular weight is 291 g/mol. The summed E-state index contributed by atoms with van der Waals surface area (Å²) < 4.78 is 10.9. The predicted molar refractivity (Wildman–Crippen MR) is 82.3 cm³/mol. The Morgan fingerprint density at radius 1 is 1.24 bits per heavy atom. The molecule has 1 aromatic rings. The average Bonchev–Trinajstić information content (AvgIpc) is 3.26. The number of carbonyl (C=O) groups is 1. The van der Waals surface area contributed by atoms with E-state index in [1.165, 1.54) is 0 Å². The van der Waals surface area contributed by atoms with E-state index in [2.05, 4.69) is 0 Å². The molecule has 1 unspecified atom stereocenters. The molecule has 1 aromatic carbocycles. The SMILES string of the molecule is CCOC(=O)C(N)(c1cc(C)c(OCC)c(C)c1)C1CC1. The van der Waals surface area contributed by atoms with Crippen LogP contribution >= 0.6 is 0 Å². The van der Waals surface area contributed by atoms with E-state index in [9.17, 15) is 4.79 Å². The lowest BCUT2D eigenvalue weighted by atomic mass is 9.84. The fourth-order valence-corrected chi connectivity index (χ4v) is 2.87. The molecular weight excluding hydrogens is 266 g/mol. The maximum Gasteiger partial charge on any atom is 0.331 e. The standard InChI is InChI=1S/C17H25NO3/c1-5-20-15-11(3)9-14(10-12(15)4)17(18,13-7-8-13)16(19)21-6-2/h9-10,13H,5-8,18H2,1-4H3. The Morgan fingerprint density at radius 2 is 1.81 bits per heavy atom. The normalized spacial score (nSPS) is 17.2. The summed E-state index contributed by atoms with van der Waals surface area (Å²) in [6.07, 6.45) is 1.95. The lowest BCUT2D eigenvalue weighted by Gasteiger charge is -2.29. The molecule has 116 valence electrons. The number of nitrogens with two attached hydrogens (primary N) is 1. The number of esters is 1. The van der Waals surface area contributed by atoms with Crippen LogP contribution in [0.2, 0.25) is 0 Å². The van der Waals surface area contributed by atoms with Gasteiger partial charge >= 0.3 is 5.97 Å². The van der Waals surface area contributed by atoms with Gasteiger partial charge in [-0.15, -0.1) is 0 Å². The van der Waals surface area contributed by atoms with Crippen molar-refractivity contribution >= 4 is 5.97 Å². The Hall–Kier alpha value is -1.55. The molecule has 0 spiro atoms. The molecule has 1 aliphatic carbocycles. The van der Waals surface area contributed by atoms with Gasteiger partial charge < -0.3 is 15.2 Å². The molecule has 0 amide bonds. The summed E-state index contributed by atoms with van der Waals surface area (Å²) in [6.45, 7) is 8.71. The minimum Gasteiger partial charge on any atom is -0.493 e. The monoisotopic (exact) mass is 291 g/mol. The lowest BCUT2D eigenvalue weighted by molar-refractivity contribution is -0.151. The summed E-state index contributed by atoms with van der Waals surface area (Å²) in [5.74, 6) is 0.729. The second kappa shape index (κ2) is 6.06. The van der Waals surface area contributed by atoms with Crippen molar-refractivity contribution in [2.75, 3.05) is 13.2 Å². The molecule has 1 atom stereocenters. The van der Waals surface area contributed by atoms with E-state index in [0.717, 1.165) is 35.3 Å². The van der Waals surface area contributed by atoms with E-state index in [1.807, 2.05) is 32.9 Å². The van der Waals surface area contributed by atoms with Crippen LogP contribution in [0.15, 0.2) is 12.1 Å². The zero-order valence-corrected chi connectivity index (χ0v) is 13.4. The summed E-state index contributed by atoms with van der Waals surface area (Å²) >= 11 is 0. The summed E-state index contributed by atoms with van der Waals surface area (Å²) in [5, 5.41) is 0. The third-order valence-corrected chi connectivity index (χ3v) is 4.06. The van der Waals surface area contributed by atoms with Gasteiger partial charge in [0, 0.05) is 0 Å². The van der Waals surface area contributed by atoms with Gasteiger partial charge in [0.05, 0.1) is 13.2 Å². The highest BCUT2D eigenvalue weighted by Gasteiger charge is 2.50. The molecule has 4 nitrogen and oxygen atoms in total. The molecule has 21 heavy (non-hydrogen) atoms. The van der Waals surface area contributed by atoms with E-state index in [4.69, 9.17) is 15.2 Å². The van der Waals surface area contributed by atoms with Crippen molar-refractivity contribution in [1.82, 2.24) is 0 Å². The topological polar surface area (TPSA) is 61.5 Å². The fraction of sp³-hybridized carbons (Fsp3) is 0.588. The van der Waals surface area contributed by atoms with Crippen LogP contribution in [0.25, 0.3) is 0 Å². The van der Waals surface area contributed by atoms with Crippen LogP contribution in [0.1, 0.15) is 43.4 Å². The van der Waals surface area contributed by atoms with Crippen LogP contribution in [0, 0.1) is 19.8 Å². The molecule has 1 fully saturated rings. The quantitative estimate of drug-likeness (QED) is 0.819. The molecule has 1 saturated carbocycles. The molecule has 0 saturated heterocycles. The smallest absolute Gasteiger partial charge is 0.331 e. The Labute approximate surface area is 126 Å². The van der Waals surface area contributed by atoms with Crippen LogP contribution in [0.3, 0.4) is 0 Å². The lowest BCUT2D eigenvalue weighted by Crippen LogP contribution is -2.48. The van der Waals surface area contributed by atoms with E-state index >= 15 is 0 Å². The van der Waals surface area contributed by atoms with Crippen molar-refractivity contribution in [2.24, 2.45) is 11.7 Å². The second-order valence-corrected chi connectivity index (χ2v) is 5.74. The van der Waals surface area contributed by atoms with Crippen LogP contribution in [0.5, 0.6) is 5.75 Å². The Balaban J connectivity index is 2.44. The van der Waals surface area contributed by atoms with Crippen molar-refractivity contribution in [3.63, 3.8) is 0 Å². The van der Waals surface area contributed by atoms with Crippen molar-refractivity contribution in [3.05, 3.63) is 28.8 Å². The van der Waals surface area contributed by atoms with Crippen LogP contribution in [-0.2, 0) is 15.1 Å². The van der Waals surface area contributed by atoms with Crippen molar-refractivity contribution in [1.29, 1.82) is 0 Å². The highest BCUT2D eigenvalue weighted by atomic mass is 16.5. The first kappa shape index (κ1) is 15.8. The van der Waals surface area contributed by atoms with Crippen LogP contribution < -0.4 is 10.5 Å². The summed E-state index contributed by atoms with van der Waals surface area (Å²) in [5.41, 5.74) is 8.32. The van der Waals surface area contributed by atoms with Gasteiger partial charge in [0.1, 0.15) is 11.3 Å². The molecular formula is C17H25NO3. The molecule has 1 aliphatic rings. The second-order valence-electron chi connectivity index (χ2n) is 5.74. The molecule has 2 N–H and O–H groups in total. The van der Waals surface area contributed by atoms with Crippen LogP contribution in [0.4, 0.5) is 0 Å². The number of ether oxygens (including phenoxy) is 2. The maximum atomic E-state index is 12.4. The summed E-state index contributed by atoms with van der Waals surface area (Å²) in [6, 6.07) is 3.93. The number of rotatable bonds is 6. The van der Waals surface area contributed by atoms with Gasteiger partial charge in [-0.05, 0) is 75.3 Å². The van der Waals surface area contributed by atoms with Crippen molar-refractivity contribution in [2.45, 2.75) is 46.1 Å². The number of carbonyl (C=O) groups excluding carboxylic acids is 1. The van der Waals surface area contributed by atoms with E-state index in [0.29, 0.717) is 13.2 Å². The van der Waals surface area contributed by atoms with E-state index in [-0.39, 0.29) is 11.9 Å². The number of hydrogen-bond donors (Lipinski definition) is 1. The first-order valence-corrected chi connectivity index (χ1v) is 7.65. The minimum atomic E-state index is -1.03. The van der Waals surface area contributed by atoms with Gasteiger partial charge in [-0.3, -0.25) is 0 Å². The first-order valence-electron chi connectivity index (χ1n) is 7.65. The Bertz CT molecular complexity index is 514. The van der Waals surface area contributed by atoms with Crippen molar-refractivity contribution in [3.8, 4) is 5.75 Å². The van der Waals surface area contributed by atoms with E-state index in [1.54, 1.807) is 6.92 Å². The Morgan fingerprint density at radius 3 is 2.24 bits per heavy atom. The highest BCUT2D eigenvalue weighted by Crippen LogP contribution is 2.46. The van der Waals surface area contributed by atoms with Crippen LogP contribution in [-0.4, -0.2) is 19.2 Å². The highest BCUT2D eigenvalue weighted by molar-refractivity contribution is 5.83. The Kier molecular flexibility index (Phi) is 4.57. The molecule has 2 rings (SSSR count). The van der Waals surface area contributed by atoms with Gasteiger partial charge in [-0.25, -0.2) is 4.79 Å². The number of benzene rings is 1. The summed E-state index contributed by atoms with van der Waals surface area (Å²) in [7, 11) is 0. The molecule has 0 radical (unpaired) electrons. The third-order valence-electron chi connectivity index (χ3n) is 4.06. The molecule has 0 aliphatic heterocycles. The number of aryl methyl sites for hydroxylation is 2. The van der Waals surface area contributed by atoms with Gasteiger partial charge in [0.25, 0.3) is 0 Å². The zero-order valence-electron chi connectivity index (χ0n) is 13.4. The predicted octanol–water partition coefficient (Wildman–Crippen LogP) is 2.83. The van der Waals surface area contributed by atoms with Crippen molar-refractivity contribution < 1.29 is 14.3 Å². The molecule has 0 heterocycles. The van der Waals surface area contributed by atoms with Gasteiger partial charge in [0.15, 0.2) is 0 Å². The zero-order chi connectivity index (χ0) is 15.6. The first-order chi connectivity index (χ1) is 9.94. The molecule has 4 heteroatoms. The molecule has 0 aromatic heterocycles. The van der Waals surface area contributed by atoms with E-state index < -0.39 is 5.54 Å². The van der Waals surface area contributed by atoms with Gasteiger partial charge in [0.2, 0.25) is 0 Å².